The van der Waals surface area contributed by atoms with Gasteiger partial charge in [0.05, 0.1) is 101 Å². The van der Waals surface area contributed by atoms with Crippen molar-refractivity contribution in [1.82, 2.24) is 39.9 Å². The van der Waals surface area contributed by atoms with Crippen LogP contribution >= 0.6 is 0 Å². The molecule has 0 aliphatic rings. The van der Waals surface area contributed by atoms with Crippen LogP contribution in [0.15, 0.2) is 147 Å². The summed E-state index contributed by atoms with van der Waals surface area (Å²) in [6.45, 7) is 0. The monoisotopic (exact) mass is 1060 g/mol. The number of rotatable bonds is 6. The van der Waals surface area contributed by atoms with Crippen LogP contribution in [0, 0.1) is 40.5 Å². The van der Waals surface area contributed by atoms with E-state index in [0.717, 1.165) is 34.2 Å². The Morgan fingerprint density at radius 2 is 0.699 bits per heavy atom. The van der Waals surface area contributed by atoms with Crippen molar-refractivity contribution in [2.75, 3.05) is 0 Å². The van der Waals surface area contributed by atoms with Gasteiger partial charge in [0.2, 0.25) is 0 Å². The molecule has 6 aromatic carbocycles. The molecule has 0 aliphatic carbocycles. The van der Waals surface area contributed by atoms with Crippen LogP contribution in [0.1, 0.15) is 20.7 Å². The fraction of sp³-hybridized carbons (Fsp3) is 0. The van der Waals surface area contributed by atoms with E-state index in [2.05, 4.69) is 39.9 Å². The van der Waals surface area contributed by atoms with Crippen LogP contribution < -0.4 is 10.2 Å². The number of nitro groups is 4. The number of carbonyl (C=O) groups is 2. The molecule has 0 amide bonds. The van der Waals surface area contributed by atoms with Crippen LogP contribution in [0.4, 0.5) is 22.7 Å². The molecular formula is C42H40CoN12O18+2. The molecule has 0 spiro atoms. The van der Waals surface area contributed by atoms with Crippen molar-refractivity contribution in [2.45, 2.75) is 0 Å². The maximum Gasteiger partial charge on any atom is 2.00 e. The van der Waals surface area contributed by atoms with Crippen molar-refractivity contribution in [2.24, 2.45) is 0 Å². The number of nitro benzene ring substituents is 4. The van der Waals surface area contributed by atoms with Gasteiger partial charge in [0.1, 0.15) is 11.5 Å². The first-order chi connectivity index (χ1) is 32.5. The third-order valence-electron chi connectivity index (χ3n) is 8.62. The van der Waals surface area contributed by atoms with Crippen molar-refractivity contribution in [1.29, 1.82) is 0 Å². The number of hydrogen-bond acceptors (Lipinski definition) is 18. The van der Waals surface area contributed by atoms with Crippen molar-refractivity contribution in [3.63, 3.8) is 0 Å². The fourth-order valence-corrected chi connectivity index (χ4v) is 5.41. The third-order valence-corrected chi connectivity index (χ3v) is 8.62. The second-order valence-electron chi connectivity index (χ2n) is 13.1. The number of carbonyl (C=O) groups excluding carboxylic acids is 2. The molecule has 1 radical (unpaired) electrons. The number of aromatic nitrogens is 8. The molecule has 0 unspecified atom stereocenters. The molecule has 30 nitrogen and oxygen atoms in total. The van der Waals surface area contributed by atoms with Crippen molar-refractivity contribution >= 4 is 78.8 Å². The van der Waals surface area contributed by atoms with Gasteiger partial charge in [-0.3, -0.25) is 40.5 Å². The standard InChI is InChI=1S/4C7H5N3O2.2C7H6O3.Co.4H2O/c4*11-10(12)5-1-2-6-7(3-5)9-4-8-6;2*8-6-3-1-2-5(4-6)7(9)10;;;;;/h4*1-4H,(H,8,9);2*1-4,8H,(H,9,10);;4*1H2/q;;;;;;+2;;;;. The van der Waals surface area contributed by atoms with Gasteiger partial charge in [-0.2, -0.15) is 0 Å². The molecule has 16 N–H and O–H groups in total. The maximum atomic E-state index is 10.3. The summed E-state index contributed by atoms with van der Waals surface area (Å²) in [6, 6.07) is 28.7. The average molecular weight is 1060 g/mol. The van der Waals surface area contributed by atoms with E-state index in [9.17, 15) is 60.3 Å². The predicted octanol–water partition coefficient (Wildman–Crippen LogP) is 1.90. The van der Waals surface area contributed by atoms with Gasteiger partial charge >= 0.3 is 16.8 Å². The minimum atomic E-state index is -1.28. The number of carboxylic acid groups (broad SMARTS) is 2. The van der Waals surface area contributed by atoms with E-state index >= 15 is 0 Å². The molecule has 0 saturated carbocycles. The number of fused-ring (bicyclic) bond motifs is 4. The number of non-ortho nitro benzene ring substituents is 4. The summed E-state index contributed by atoms with van der Waals surface area (Å²) in [5.74, 6) is -2.70. The van der Waals surface area contributed by atoms with Crippen LogP contribution in [0.5, 0.6) is 11.5 Å². The molecule has 31 heteroatoms. The summed E-state index contributed by atoms with van der Waals surface area (Å²) < 4.78 is 0. The summed E-state index contributed by atoms with van der Waals surface area (Å²) in [5, 5.41) is 79.1. The van der Waals surface area contributed by atoms with E-state index in [1.54, 1.807) is 24.3 Å². The molecule has 0 bridgehead atoms. The largest absolute Gasteiger partial charge is 2.00 e. The quantitative estimate of drug-likeness (QED) is 0.0786. The molecule has 0 atom stereocenters. The van der Waals surface area contributed by atoms with Crippen LogP contribution in [0.25, 0.3) is 44.1 Å². The van der Waals surface area contributed by atoms with Gasteiger partial charge in [0, 0.05) is 59.7 Å². The molecule has 0 saturated heterocycles. The SMILES string of the molecule is O.O.O=C([O-])c1cccc(O)c1.O=C([O-])c1cccc(O)c1.O=[N+]([O-])c1ccc2[nH]cnc2c1.O=[N+]([O-])c1ccc2[nH]cnc2c1.O=[N+]([O-])c1ccc2nc[nH]c2c1.O=[N+]([O-])c1ccc2nc[nH]c2c1.[Co+2].[OH3+].[OH3+]. The van der Waals surface area contributed by atoms with E-state index in [1.165, 1.54) is 110 Å². The zero-order chi connectivity index (χ0) is 49.3. The van der Waals surface area contributed by atoms with Gasteiger partial charge < -0.3 is 71.9 Å². The number of benzene rings is 6. The molecule has 10 rings (SSSR count). The van der Waals surface area contributed by atoms with Gasteiger partial charge in [-0.25, -0.2) is 19.9 Å². The van der Waals surface area contributed by atoms with Gasteiger partial charge in [0.15, 0.2) is 0 Å². The number of imidazole rings is 4. The Hall–Kier alpha value is -10.3. The molecule has 4 heterocycles. The Morgan fingerprint density at radius 3 is 0.986 bits per heavy atom. The van der Waals surface area contributed by atoms with Crippen molar-refractivity contribution in [3.05, 3.63) is 198 Å². The molecule has 0 fully saturated rings. The van der Waals surface area contributed by atoms with Gasteiger partial charge in [-0.1, -0.05) is 24.3 Å². The number of phenolic OH excluding ortho intramolecular Hbond substituents is 2. The van der Waals surface area contributed by atoms with Gasteiger partial charge in [0.25, 0.3) is 22.7 Å². The summed E-state index contributed by atoms with van der Waals surface area (Å²) in [6.07, 6.45) is 6.03. The molecular weight excluding hydrogens is 1020 g/mol. The first kappa shape index (κ1) is 62.7. The summed E-state index contributed by atoms with van der Waals surface area (Å²) in [7, 11) is 0. The Kier molecular flexibility index (Phi) is 25.4. The zero-order valence-electron chi connectivity index (χ0n) is 36.7. The molecule has 10 aromatic rings. The minimum Gasteiger partial charge on any atom is -0.545 e. The number of aromatic hydroxyl groups is 2. The summed E-state index contributed by atoms with van der Waals surface area (Å²) >= 11 is 0. The molecule has 383 valence electrons. The molecule has 73 heavy (non-hydrogen) atoms. The number of H-pyrrole nitrogens is 4. The average Bonchev–Trinajstić information content (AvgIpc) is 4.17. The Labute approximate surface area is 415 Å². The topological polar surface area (TPSA) is 537 Å². The number of phenols is 2. The second kappa shape index (κ2) is 29.5. The van der Waals surface area contributed by atoms with Crippen molar-refractivity contribution < 1.29 is 88.4 Å². The Bertz CT molecular complexity index is 3030. The normalized spacial score (nSPS) is 9.32. The maximum absolute atomic E-state index is 10.3. The minimum absolute atomic E-state index is 0. The van der Waals surface area contributed by atoms with E-state index in [4.69, 9.17) is 10.2 Å². The van der Waals surface area contributed by atoms with Gasteiger partial charge in [-0.05, 0) is 48.5 Å². The van der Waals surface area contributed by atoms with Gasteiger partial charge in [-0.15, -0.1) is 0 Å². The molecule has 4 aromatic heterocycles. The summed E-state index contributed by atoms with van der Waals surface area (Å²) in [4.78, 5) is 86.9. The third kappa shape index (κ3) is 18.3. The number of nitrogens with one attached hydrogen (secondary N) is 4. The smallest absolute Gasteiger partial charge is 0.545 e. The predicted molar refractivity (Wildman–Crippen MR) is 253 cm³/mol. The van der Waals surface area contributed by atoms with Crippen LogP contribution in [0.3, 0.4) is 0 Å². The number of aromatic amines is 4. The summed E-state index contributed by atoms with van der Waals surface area (Å²) in [5.41, 5.74) is 5.94. The van der Waals surface area contributed by atoms with Crippen LogP contribution in [-0.4, -0.2) is 92.7 Å². The number of nitrogens with zero attached hydrogens (tertiary/aromatic N) is 8. The van der Waals surface area contributed by atoms with E-state index in [-0.39, 0.29) is 84.1 Å². The second-order valence-corrected chi connectivity index (χ2v) is 13.1. The van der Waals surface area contributed by atoms with E-state index in [0.29, 0.717) is 22.1 Å². The Morgan fingerprint density at radius 1 is 0.411 bits per heavy atom. The number of carboxylic acids is 2. The number of hydrogen-bond donors (Lipinski definition) is 6. The first-order valence-corrected chi connectivity index (χ1v) is 18.8. The zero-order valence-corrected chi connectivity index (χ0v) is 37.8. The first-order valence-electron chi connectivity index (χ1n) is 18.8. The fourth-order valence-electron chi connectivity index (χ4n) is 5.41. The molecule has 0 aliphatic heterocycles. The van der Waals surface area contributed by atoms with Crippen LogP contribution in [0.2, 0.25) is 0 Å². The number of aromatic carboxylic acids is 2. The van der Waals surface area contributed by atoms with E-state index < -0.39 is 31.6 Å². The van der Waals surface area contributed by atoms with Crippen LogP contribution in [-0.2, 0) is 27.7 Å². The van der Waals surface area contributed by atoms with Crippen molar-refractivity contribution in [3.8, 4) is 11.5 Å². The Balaban J connectivity index is 0.000000842. The van der Waals surface area contributed by atoms with E-state index in [1.807, 2.05) is 0 Å².